The summed E-state index contributed by atoms with van der Waals surface area (Å²) in [5.41, 5.74) is 1.97. The van der Waals surface area contributed by atoms with Gasteiger partial charge in [-0.2, -0.15) is 0 Å². The fraction of sp³-hybridized carbons (Fsp3) is 0.500. The minimum atomic E-state index is -0.0844. The van der Waals surface area contributed by atoms with E-state index in [1.165, 1.54) is 6.42 Å². The van der Waals surface area contributed by atoms with E-state index in [0.29, 0.717) is 21.9 Å². The Kier molecular flexibility index (Phi) is 4.92. The van der Waals surface area contributed by atoms with E-state index in [4.69, 9.17) is 16.6 Å². The van der Waals surface area contributed by atoms with Crippen LogP contribution in [0.25, 0.3) is 5.69 Å². The van der Waals surface area contributed by atoms with Gasteiger partial charge in [-0.05, 0) is 43.7 Å². The van der Waals surface area contributed by atoms with Crippen LogP contribution in [0.5, 0.6) is 0 Å². The highest BCUT2D eigenvalue weighted by Crippen LogP contribution is 2.35. The number of aryl methyl sites for hydroxylation is 2. The monoisotopic (exact) mass is 359 g/mol. The Hall–Kier alpha value is -1.81. The molecular formula is C20H26ClN3O. The van der Waals surface area contributed by atoms with Crippen LogP contribution < -0.4 is 10.5 Å². The van der Waals surface area contributed by atoms with Crippen molar-refractivity contribution in [1.82, 2.24) is 9.55 Å². The number of rotatable bonds is 3. The van der Waals surface area contributed by atoms with E-state index in [1.807, 2.05) is 32.0 Å². The molecule has 1 aromatic heterocycles. The molecule has 5 heteroatoms. The average molecular weight is 360 g/mol. The van der Waals surface area contributed by atoms with Crippen LogP contribution in [0, 0.1) is 19.3 Å². The normalized spacial score (nSPS) is 16.9. The summed E-state index contributed by atoms with van der Waals surface area (Å²) in [7, 11) is 0. The molecule has 2 aromatic rings. The minimum absolute atomic E-state index is 0.0844. The van der Waals surface area contributed by atoms with Gasteiger partial charge in [0.25, 0.3) is 5.56 Å². The zero-order valence-corrected chi connectivity index (χ0v) is 16.2. The first-order chi connectivity index (χ1) is 11.8. The molecule has 0 amide bonds. The van der Waals surface area contributed by atoms with Gasteiger partial charge in [0.2, 0.25) is 0 Å². The molecule has 0 spiro atoms. The van der Waals surface area contributed by atoms with Crippen LogP contribution in [-0.4, -0.2) is 22.6 Å². The van der Waals surface area contributed by atoms with Crippen LogP contribution in [0.15, 0.2) is 29.1 Å². The molecular weight excluding hydrogens is 334 g/mol. The van der Waals surface area contributed by atoms with Crippen LogP contribution in [0.2, 0.25) is 5.02 Å². The third kappa shape index (κ3) is 3.45. The first-order valence-electron chi connectivity index (χ1n) is 8.96. The van der Waals surface area contributed by atoms with Gasteiger partial charge in [-0.25, -0.2) is 4.98 Å². The van der Waals surface area contributed by atoms with Crippen LogP contribution >= 0.6 is 11.6 Å². The molecule has 0 radical (unpaired) electrons. The van der Waals surface area contributed by atoms with Crippen LogP contribution in [0.1, 0.15) is 44.5 Å². The molecule has 4 nitrogen and oxygen atoms in total. The maximum atomic E-state index is 12.8. The van der Waals surface area contributed by atoms with E-state index in [2.05, 4.69) is 18.7 Å². The van der Waals surface area contributed by atoms with Gasteiger partial charge in [0.05, 0.1) is 10.7 Å². The van der Waals surface area contributed by atoms with Crippen molar-refractivity contribution in [3.63, 3.8) is 0 Å². The number of benzene rings is 1. The van der Waals surface area contributed by atoms with E-state index in [9.17, 15) is 4.79 Å². The molecule has 0 unspecified atom stereocenters. The van der Waals surface area contributed by atoms with Crippen LogP contribution in [0.3, 0.4) is 0 Å². The molecule has 0 N–H and O–H groups in total. The second kappa shape index (κ2) is 6.83. The number of halogens is 1. The first-order valence-corrected chi connectivity index (χ1v) is 9.33. The van der Waals surface area contributed by atoms with Gasteiger partial charge in [-0.1, -0.05) is 44.0 Å². The number of anilines is 1. The van der Waals surface area contributed by atoms with Crippen LogP contribution in [0.4, 0.5) is 5.82 Å². The third-order valence-electron chi connectivity index (χ3n) is 5.63. The smallest absolute Gasteiger partial charge is 0.260 e. The maximum absolute atomic E-state index is 12.8. The quantitative estimate of drug-likeness (QED) is 0.808. The molecule has 1 aliphatic rings. The number of hydrogen-bond donors (Lipinski definition) is 0. The lowest BCUT2D eigenvalue weighted by atomic mass is 9.78. The van der Waals surface area contributed by atoms with Gasteiger partial charge < -0.3 is 4.90 Å². The summed E-state index contributed by atoms with van der Waals surface area (Å²) in [4.78, 5) is 19.7. The van der Waals surface area contributed by atoms with Gasteiger partial charge in [-0.3, -0.25) is 9.36 Å². The molecule has 134 valence electrons. The summed E-state index contributed by atoms with van der Waals surface area (Å²) in [5.74, 6) is 1.44. The molecule has 1 fully saturated rings. The van der Waals surface area contributed by atoms with E-state index >= 15 is 0 Å². The zero-order valence-electron chi connectivity index (χ0n) is 15.5. The molecule has 1 aliphatic heterocycles. The molecule has 0 atom stereocenters. The molecule has 0 aliphatic carbocycles. The van der Waals surface area contributed by atoms with Crippen molar-refractivity contribution in [2.45, 2.75) is 47.0 Å². The van der Waals surface area contributed by atoms with Crippen molar-refractivity contribution in [2.75, 3.05) is 18.0 Å². The molecule has 2 heterocycles. The van der Waals surface area contributed by atoms with Crippen molar-refractivity contribution in [1.29, 1.82) is 0 Å². The van der Waals surface area contributed by atoms with Crippen molar-refractivity contribution in [3.8, 4) is 5.69 Å². The Bertz CT molecular complexity index is 835. The molecule has 25 heavy (non-hydrogen) atoms. The molecule has 1 aromatic carbocycles. The molecule has 3 rings (SSSR count). The Morgan fingerprint density at radius 1 is 1.24 bits per heavy atom. The zero-order chi connectivity index (χ0) is 18.2. The number of piperidine rings is 1. The number of nitrogens with zero attached hydrogens (tertiary/aromatic N) is 3. The number of hydrogen-bond acceptors (Lipinski definition) is 3. The average Bonchev–Trinajstić information content (AvgIpc) is 2.58. The summed E-state index contributed by atoms with van der Waals surface area (Å²) < 4.78 is 1.60. The third-order valence-corrected chi connectivity index (χ3v) is 6.13. The van der Waals surface area contributed by atoms with Crippen molar-refractivity contribution >= 4 is 17.4 Å². The Morgan fingerprint density at radius 3 is 2.52 bits per heavy atom. The summed E-state index contributed by atoms with van der Waals surface area (Å²) in [6.45, 7) is 10.3. The molecule has 1 saturated heterocycles. The highest BCUT2D eigenvalue weighted by atomic mass is 35.5. The Balaban J connectivity index is 1.94. The lowest BCUT2D eigenvalue weighted by Gasteiger charge is -2.39. The van der Waals surface area contributed by atoms with Crippen molar-refractivity contribution in [3.05, 3.63) is 51.0 Å². The second-order valence-corrected chi connectivity index (χ2v) is 7.77. The Labute approximate surface area is 154 Å². The molecule has 0 saturated carbocycles. The summed E-state index contributed by atoms with van der Waals surface area (Å²) in [5, 5.41) is 0.596. The summed E-state index contributed by atoms with van der Waals surface area (Å²) in [6.07, 6.45) is 3.47. The predicted octanol–water partition coefficient (Wildman–Crippen LogP) is 4.52. The topological polar surface area (TPSA) is 38.1 Å². The van der Waals surface area contributed by atoms with Crippen LogP contribution in [-0.2, 0) is 0 Å². The SMILES string of the molecule is CCC1(C)CCN(c2cc(=O)n(-c3cccc(C)c3Cl)c(C)n2)CC1. The first kappa shape index (κ1) is 18.0. The second-order valence-electron chi connectivity index (χ2n) is 7.39. The minimum Gasteiger partial charge on any atom is -0.356 e. The van der Waals surface area contributed by atoms with E-state index in [0.717, 1.165) is 37.3 Å². The van der Waals surface area contributed by atoms with Gasteiger partial charge in [0.1, 0.15) is 11.6 Å². The summed E-state index contributed by atoms with van der Waals surface area (Å²) in [6, 6.07) is 7.35. The van der Waals surface area contributed by atoms with Crippen molar-refractivity contribution in [2.24, 2.45) is 5.41 Å². The standard InChI is InChI=1S/C20H26ClN3O/c1-5-20(4)9-11-23(12-10-20)17-13-18(25)24(15(3)22-17)16-8-6-7-14(2)19(16)21/h6-8,13H,5,9-12H2,1-4H3. The van der Waals surface area contributed by atoms with E-state index in [1.54, 1.807) is 10.6 Å². The lowest BCUT2D eigenvalue weighted by Crippen LogP contribution is -2.39. The van der Waals surface area contributed by atoms with Gasteiger partial charge in [-0.15, -0.1) is 0 Å². The van der Waals surface area contributed by atoms with Gasteiger partial charge in [0, 0.05) is 19.2 Å². The fourth-order valence-corrected chi connectivity index (χ4v) is 3.68. The van der Waals surface area contributed by atoms with E-state index < -0.39 is 0 Å². The summed E-state index contributed by atoms with van der Waals surface area (Å²) >= 11 is 6.41. The Morgan fingerprint density at radius 2 is 1.92 bits per heavy atom. The lowest BCUT2D eigenvalue weighted by molar-refractivity contribution is 0.237. The largest absolute Gasteiger partial charge is 0.356 e. The van der Waals surface area contributed by atoms with E-state index in [-0.39, 0.29) is 5.56 Å². The maximum Gasteiger partial charge on any atom is 0.260 e. The number of aromatic nitrogens is 2. The molecule has 0 bridgehead atoms. The highest BCUT2D eigenvalue weighted by Gasteiger charge is 2.29. The highest BCUT2D eigenvalue weighted by molar-refractivity contribution is 6.33. The van der Waals surface area contributed by atoms with Crippen molar-refractivity contribution < 1.29 is 0 Å². The predicted molar refractivity (Wildman–Crippen MR) is 104 cm³/mol. The fourth-order valence-electron chi connectivity index (χ4n) is 3.47. The van der Waals surface area contributed by atoms with Gasteiger partial charge >= 0.3 is 0 Å². The van der Waals surface area contributed by atoms with Gasteiger partial charge in [0.15, 0.2) is 0 Å².